The summed E-state index contributed by atoms with van der Waals surface area (Å²) in [6.07, 6.45) is 4.42. The van der Waals surface area contributed by atoms with Gasteiger partial charge in [0.2, 0.25) is 11.8 Å². The van der Waals surface area contributed by atoms with E-state index in [1.54, 1.807) is 38.6 Å². The van der Waals surface area contributed by atoms with Gasteiger partial charge < -0.3 is 19.8 Å². The normalized spacial score (nSPS) is 27.3. The summed E-state index contributed by atoms with van der Waals surface area (Å²) in [4.78, 5) is 49.2. The van der Waals surface area contributed by atoms with Gasteiger partial charge >= 0.3 is 0 Å². The molecule has 3 amide bonds. The number of alkyl halides is 1. The van der Waals surface area contributed by atoms with Crippen molar-refractivity contribution in [1.29, 1.82) is 0 Å². The molecule has 0 aromatic heterocycles. The molecule has 2 bridgehead atoms. The Morgan fingerprint density at radius 1 is 1.00 bits per heavy atom. The van der Waals surface area contributed by atoms with Crippen LogP contribution in [0.1, 0.15) is 19.8 Å². The Hall–Kier alpha value is -3.40. The van der Waals surface area contributed by atoms with Crippen molar-refractivity contribution in [2.45, 2.75) is 46.7 Å². The maximum atomic E-state index is 15.0. The lowest BCUT2D eigenvalue weighted by Gasteiger charge is -2.40. The van der Waals surface area contributed by atoms with E-state index in [1.165, 1.54) is 0 Å². The molecule has 3 aliphatic rings. The van der Waals surface area contributed by atoms with Gasteiger partial charge in [0.15, 0.2) is 0 Å². The summed E-state index contributed by atoms with van der Waals surface area (Å²) in [7, 11) is 0. The van der Waals surface area contributed by atoms with Crippen molar-refractivity contribution >= 4 is 67.6 Å². The molecular weight excluding hydrogens is 650 g/mol. The smallest absolute Gasteiger partial charge is 0.251 e. The maximum Gasteiger partial charge on any atom is 0.251 e. The molecule has 3 heterocycles. The number of anilines is 2. The minimum atomic E-state index is -0.865. The highest BCUT2D eigenvalue weighted by Gasteiger charge is 2.76. The average Bonchev–Trinajstić information content (AvgIpc) is 3.66. The lowest BCUT2D eigenvalue weighted by atomic mass is 9.70. The summed E-state index contributed by atoms with van der Waals surface area (Å²) < 4.78 is -0.845. The maximum absolute atomic E-state index is 15.0. The van der Waals surface area contributed by atoms with Crippen LogP contribution in [0.2, 0.25) is 0 Å². The standard InChI is InChI=1S/C36H38BrN3O4S/c1-4-18-38(26-14-8-7-9-15-26)33(42)29-30-34(43)40(25(6-3)22-41)32(36(30)21-28(37)31(29)45-36)35(44)39(19-5-2)27-17-16-23-12-10-11-13-24(23)20-27/h4-5,7-17,20,25,28-32,41H,1-2,6,18-19,21-22H2,3H3/t25-,28?,29+,30-,31+,32?,36?/m0/s1. The number of thioether (sulfide) groups is 1. The van der Waals surface area contributed by atoms with Crippen LogP contribution in [0.3, 0.4) is 0 Å². The number of benzene rings is 3. The van der Waals surface area contributed by atoms with Crippen LogP contribution in [-0.2, 0) is 14.4 Å². The van der Waals surface area contributed by atoms with Crippen LogP contribution in [-0.4, -0.2) is 74.3 Å². The predicted molar refractivity (Wildman–Crippen MR) is 186 cm³/mol. The molecule has 3 unspecified atom stereocenters. The quantitative estimate of drug-likeness (QED) is 0.203. The highest BCUT2D eigenvalue weighted by molar-refractivity contribution is 9.09. The molecular formula is C36H38BrN3O4S. The molecule has 1 spiro atoms. The van der Waals surface area contributed by atoms with Crippen LogP contribution in [0.5, 0.6) is 0 Å². The second-order valence-electron chi connectivity index (χ2n) is 12.0. The summed E-state index contributed by atoms with van der Waals surface area (Å²) in [6, 6.07) is 21.9. The molecule has 1 N–H and O–H groups in total. The van der Waals surface area contributed by atoms with E-state index in [0.717, 1.165) is 16.5 Å². The fraction of sp³-hybridized carbons (Fsp3) is 0.361. The van der Waals surface area contributed by atoms with E-state index in [0.29, 0.717) is 25.1 Å². The van der Waals surface area contributed by atoms with Crippen molar-refractivity contribution < 1.29 is 19.5 Å². The first-order chi connectivity index (χ1) is 21.8. The second-order valence-corrected chi connectivity index (χ2v) is 14.7. The SMILES string of the molecule is C=CCN(C(=O)C1N([C@@H](CC)CO)C(=O)[C@@H]2[C@@H](C(=O)N(CC=C)c3ccccc3)[C@@H]3SC12CC3Br)c1ccc2ccccc2c1. The molecule has 3 saturated heterocycles. The first-order valence-corrected chi connectivity index (χ1v) is 17.2. The molecule has 3 aromatic rings. The topological polar surface area (TPSA) is 81.2 Å². The van der Waals surface area contributed by atoms with Crippen molar-refractivity contribution in [2.24, 2.45) is 11.8 Å². The van der Waals surface area contributed by atoms with Crippen molar-refractivity contribution in [3.05, 3.63) is 98.1 Å². The van der Waals surface area contributed by atoms with Gasteiger partial charge in [-0.15, -0.1) is 24.9 Å². The van der Waals surface area contributed by atoms with Crippen LogP contribution in [0.25, 0.3) is 10.8 Å². The monoisotopic (exact) mass is 687 g/mol. The summed E-state index contributed by atoms with van der Waals surface area (Å²) in [5, 5.41) is 12.4. The molecule has 0 saturated carbocycles. The van der Waals surface area contributed by atoms with Crippen LogP contribution in [0, 0.1) is 11.8 Å². The van der Waals surface area contributed by atoms with Crippen LogP contribution in [0.15, 0.2) is 98.1 Å². The third-order valence-electron chi connectivity index (χ3n) is 9.59. The Labute approximate surface area is 277 Å². The number of aliphatic hydroxyl groups is 1. The highest BCUT2D eigenvalue weighted by atomic mass is 79.9. The number of carbonyl (C=O) groups excluding carboxylic acids is 3. The fourth-order valence-corrected chi connectivity index (χ4v) is 11.2. The van der Waals surface area contributed by atoms with E-state index in [-0.39, 0.29) is 41.0 Å². The Morgan fingerprint density at radius 3 is 2.29 bits per heavy atom. The largest absolute Gasteiger partial charge is 0.394 e. The first kappa shape index (κ1) is 31.6. The molecule has 234 valence electrons. The number of fused-ring (bicyclic) bond motifs is 2. The van der Waals surface area contributed by atoms with Gasteiger partial charge in [0.25, 0.3) is 5.91 Å². The molecule has 7 nitrogen and oxygen atoms in total. The zero-order valence-electron chi connectivity index (χ0n) is 25.3. The van der Waals surface area contributed by atoms with E-state index in [2.05, 4.69) is 29.1 Å². The summed E-state index contributed by atoms with van der Waals surface area (Å²) in [5.41, 5.74) is 1.45. The predicted octanol–water partition coefficient (Wildman–Crippen LogP) is 5.81. The van der Waals surface area contributed by atoms with E-state index in [9.17, 15) is 19.5 Å². The second kappa shape index (κ2) is 12.8. The van der Waals surface area contributed by atoms with Crippen LogP contribution < -0.4 is 9.80 Å². The number of carbonyl (C=O) groups is 3. The molecule has 3 aromatic carbocycles. The van der Waals surface area contributed by atoms with Crippen LogP contribution in [0.4, 0.5) is 11.4 Å². The number of hydrogen-bond donors (Lipinski definition) is 1. The fourth-order valence-electron chi connectivity index (χ4n) is 7.62. The Kier molecular flexibility index (Phi) is 8.96. The zero-order valence-corrected chi connectivity index (χ0v) is 27.7. The number of halogens is 1. The Balaban J connectivity index is 1.45. The third-order valence-corrected chi connectivity index (χ3v) is 12.8. The zero-order chi connectivity index (χ0) is 31.9. The molecule has 9 heteroatoms. The van der Waals surface area contributed by atoms with Gasteiger partial charge in [-0.1, -0.05) is 83.5 Å². The minimum Gasteiger partial charge on any atom is -0.394 e. The molecule has 6 rings (SSSR count). The van der Waals surface area contributed by atoms with Gasteiger partial charge in [-0.05, 0) is 47.9 Å². The number of nitrogens with zero attached hydrogens (tertiary/aromatic N) is 3. The average molecular weight is 689 g/mol. The van der Waals surface area contributed by atoms with E-state index in [1.807, 2.05) is 79.7 Å². The minimum absolute atomic E-state index is 0.0696. The van der Waals surface area contributed by atoms with Gasteiger partial charge in [0.1, 0.15) is 6.04 Å². The summed E-state index contributed by atoms with van der Waals surface area (Å²) >= 11 is 5.48. The van der Waals surface area contributed by atoms with Gasteiger partial charge in [0.05, 0.1) is 29.2 Å². The van der Waals surface area contributed by atoms with E-state index < -0.39 is 28.7 Å². The number of para-hydroxylation sites is 1. The summed E-state index contributed by atoms with van der Waals surface area (Å²) in [6.45, 7) is 10.0. The number of rotatable bonds is 11. The molecule has 45 heavy (non-hydrogen) atoms. The van der Waals surface area contributed by atoms with Crippen LogP contribution >= 0.6 is 27.7 Å². The molecule has 0 radical (unpaired) electrons. The molecule has 3 fully saturated rings. The number of likely N-dealkylation sites (tertiary alicyclic amines) is 1. The lowest BCUT2D eigenvalue weighted by Crippen LogP contribution is -2.58. The Morgan fingerprint density at radius 2 is 1.64 bits per heavy atom. The number of amides is 3. The molecule has 7 atom stereocenters. The van der Waals surface area contributed by atoms with Crippen molar-refractivity contribution in [2.75, 3.05) is 29.5 Å². The first-order valence-electron chi connectivity index (χ1n) is 15.4. The van der Waals surface area contributed by atoms with Crippen molar-refractivity contribution in [3.63, 3.8) is 0 Å². The molecule has 0 aliphatic carbocycles. The van der Waals surface area contributed by atoms with Gasteiger partial charge in [-0.25, -0.2) is 0 Å². The van der Waals surface area contributed by atoms with Gasteiger partial charge in [-0.3, -0.25) is 14.4 Å². The van der Waals surface area contributed by atoms with E-state index >= 15 is 0 Å². The summed E-state index contributed by atoms with van der Waals surface area (Å²) in [5.74, 6) is -1.96. The Bertz CT molecular complexity index is 1630. The van der Waals surface area contributed by atoms with E-state index in [4.69, 9.17) is 0 Å². The lowest BCUT2D eigenvalue weighted by molar-refractivity contribution is -0.141. The number of aliphatic hydroxyl groups excluding tert-OH is 1. The van der Waals surface area contributed by atoms with Crippen molar-refractivity contribution in [3.8, 4) is 0 Å². The van der Waals surface area contributed by atoms with Gasteiger partial charge in [-0.2, -0.15) is 0 Å². The highest BCUT2D eigenvalue weighted by Crippen LogP contribution is 2.68. The molecule has 3 aliphatic heterocycles. The van der Waals surface area contributed by atoms with Crippen molar-refractivity contribution in [1.82, 2.24) is 4.90 Å². The third kappa shape index (κ3) is 5.13. The number of hydrogen-bond acceptors (Lipinski definition) is 5. The van der Waals surface area contributed by atoms with Gasteiger partial charge in [0, 0.05) is 34.5 Å².